The molecule has 4 rings (SSSR count). The number of rotatable bonds is 6. The van der Waals surface area contributed by atoms with Crippen molar-refractivity contribution < 1.29 is 24.0 Å². The van der Waals surface area contributed by atoms with Crippen LogP contribution >= 0.6 is 11.8 Å². The zero-order valence-electron chi connectivity index (χ0n) is 19.7. The largest absolute Gasteiger partial charge is 0.381 e. The van der Waals surface area contributed by atoms with Gasteiger partial charge in [-0.3, -0.25) is 14.4 Å². The van der Waals surface area contributed by atoms with E-state index in [1.807, 2.05) is 38.1 Å². The fraction of sp³-hybridized carbons (Fsp3) is 0.478. The zero-order chi connectivity index (χ0) is 24.9. The summed E-state index contributed by atoms with van der Waals surface area (Å²) in [6.07, 6.45) is -1.56. The summed E-state index contributed by atoms with van der Waals surface area (Å²) < 4.78 is 5.92. The van der Waals surface area contributed by atoms with E-state index in [-0.39, 0.29) is 23.0 Å². The van der Waals surface area contributed by atoms with Crippen molar-refractivity contribution in [2.75, 3.05) is 5.88 Å². The van der Waals surface area contributed by atoms with E-state index < -0.39 is 40.5 Å². The quantitative estimate of drug-likeness (QED) is 0.575. The Kier molecular flexibility index (Phi) is 6.11. The first kappa shape index (κ1) is 24.1. The van der Waals surface area contributed by atoms with Gasteiger partial charge >= 0.3 is 5.63 Å². The minimum absolute atomic E-state index is 0.0156. The summed E-state index contributed by atoms with van der Waals surface area (Å²) in [5.74, 6) is -1.19. The van der Waals surface area contributed by atoms with E-state index >= 15 is 0 Å². The number of β-lactam (4-membered cyclic amide) rings is 1. The van der Waals surface area contributed by atoms with Gasteiger partial charge in [0.05, 0.1) is 17.5 Å². The number of carbonyl (C=O) groups is 3. The lowest BCUT2D eigenvalue weighted by atomic mass is 9.92. The standard InChI is InChI=1S/C23H28N4O6S/c1-12-8-6-7-9-15(12)10-27-21(31)18-23(27,4)34-11-26(18)20(30)17(28)14(3)24-19(29)16-13(2)22(32)33-25(16)5/h6-9,14,17-18,28H,10-11H2,1-5H3,(H,24,29)/t14-,17-,18+,23?/m0/s1. The van der Waals surface area contributed by atoms with Gasteiger partial charge in [-0.1, -0.05) is 24.3 Å². The molecular formula is C23H28N4O6S. The molecule has 2 N–H and O–H groups in total. The van der Waals surface area contributed by atoms with Crippen LogP contribution < -0.4 is 10.9 Å². The van der Waals surface area contributed by atoms with Crippen LogP contribution in [0.4, 0.5) is 0 Å². The summed E-state index contributed by atoms with van der Waals surface area (Å²) in [6, 6.07) is 6.21. The van der Waals surface area contributed by atoms with E-state index in [1.165, 1.54) is 37.6 Å². The summed E-state index contributed by atoms with van der Waals surface area (Å²) in [5, 5.41) is 13.2. The second-order valence-electron chi connectivity index (χ2n) is 8.95. The van der Waals surface area contributed by atoms with Crippen LogP contribution in [0.25, 0.3) is 0 Å². The molecule has 1 aromatic carbocycles. The fourth-order valence-electron chi connectivity index (χ4n) is 4.54. The predicted molar refractivity (Wildman–Crippen MR) is 125 cm³/mol. The average molecular weight is 489 g/mol. The first-order valence-electron chi connectivity index (χ1n) is 10.9. The highest BCUT2D eigenvalue weighted by molar-refractivity contribution is 8.01. The highest BCUT2D eigenvalue weighted by Gasteiger charge is 2.65. The van der Waals surface area contributed by atoms with Crippen molar-refractivity contribution >= 4 is 29.5 Å². The van der Waals surface area contributed by atoms with Gasteiger partial charge in [-0.25, -0.2) is 9.53 Å². The van der Waals surface area contributed by atoms with Gasteiger partial charge in [0.2, 0.25) is 5.91 Å². The van der Waals surface area contributed by atoms with Crippen LogP contribution in [0.3, 0.4) is 0 Å². The molecule has 2 aromatic rings. The number of likely N-dealkylation sites (tertiary alicyclic amines) is 1. The van der Waals surface area contributed by atoms with Crippen LogP contribution in [0.5, 0.6) is 0 Å². The molecule has 0 radical (unpaired) electrons. The van der Waals surface area contributed by atoms with E-state index in [1.54, 1.807) is 4.90 Å². The first-order chi connectivity index (χ1) is 16.0. The van der Waals surface area contributed by atoms with Gasteiger partial charge in [-0.2, -0.15) is 0 Å². The lowest BCUT2D eigenvalue weighted by Gasteiger charge is -2.53. The Morgan fingerprint density at radius 3 is 2.59 bits per heavy atom. The van der Waals surface area contributed by atoms with Crippen LogP contribution in [-0.4, -0.2) is 66.3 Å². The number of nitrogens with one attached hydrogen (secondary N) is 1. The molecule has 34 heavy (non-hydrogen) atoms. The maximum atomic E-state index is 13.1. The number of carbonyl (C=O) groups excluding carboxylic acids is 3. The van der Waals surface area contributed by atoms with E-state index in [0.29, 0.717) is 6.54 Å². The molecule has 182 valence electrons. The Morgan fingerprint density at radius 2 is 1.97 bits per heavy atom. The molecule has 3 heterocycles. The Morgan fingerprint density at radius 1 is 1.29 bits per heavy atom. The first-order valence-corrected chi connectivity index (χ1v) is 11.9. The molecule has 4 atom stereocenters. The molecule has 2 fully saturated rings. The van der Waals surface area contributed by atoms with Gasteiger partial charge in [0, 0.05) is 13.6 Å². The van der Waals surface area contributed by atoms with Crippen LogP contribution in [-0.2, 0) is 23.2 Å². The third-order valence-corrected chi connectivity index (χ3v) is 8.16. The molecule has 2 aliphatic heterocycles. The molecule has 0 spiro atoms. The van der Waals surface area contributed by atoms with Crippen molar-refractivity contribution in [1.82, 2.24) is 19.9 Å². The van der Waals surface area contributed by atoms with Gasteiger partial charge in [0.1, 0.15) is 16.6 Å². The van der Waals surface area contributed by atoms with Gasteiger partial charge in [0.25, 0.3) is 11.8 Å². The minimum Gasteiger partial charge on any atom is -0.381 e. The smallest absolute Gasteiger partial charge is 0.361 e. The molecule has 3 amide bonds. The number of hydrogen-bond acceptors (Lipinski definition) is 7. The number of aromatic nitrogens is 1. The highest BCUT2D eigenvalue weighted by atomic mass is 32.2. The lowest BCUT2D eigenvalue weighted by molar-refractivity contribution is -0.168. The van der Waals surface area contributed by atoms with Crippen molar-refractivity contribution in [2.45, 2.75) is 57.3 Å². The number of aryl methyl sites for hydroxylation is 2. The molecule has 10 nitrogen and oxygen atoms in total. The number of benzene rings is 1. The van der Waals surface area contributed by atoms with Crippen molar-refractivity contribution in [1.29, 1.82) is 0 Å². The molecule has 2 saturated heterocycles. The number of thioether (sulfide) groups is 1. The fourth-order valence-corrected chi connectivity index (χ4v) is 5.91. The highest BCUT2D eigenvalue weighted by Crippen LogP contribution is 2.51. The molecule has 1 unspecified atom stereocenters. The van der Waals surface area contributed by atoms with Crippen molar-refractivity contribution in [2.24, 2.45) is 7.05 Å². The number of aliphatic hydroxyl groups is 1. The van der Waals surface area contributed by atoms with Gasteiger partial charge < -0.3 is 24.7 Å². The van der Waals surface area contributed by atoms with Crippen molar-refractivity contribution in [3.05, 3.63) is 57.1 Å². The van der Waals surface area contributed by atoms with E-state index in [0.717, 1.165) is 15.9 Å². The second-order valence-corrected chi connectivity index (χ2v) is 10.3. The molecule has 0 bridgehead atoms. The Balaban J connectivity index is 1.43. The van der Waals surface area contributed by atoms with Crippen LogP contribution in [0, 0.1) is 13.8 Å². The summed E-state index contributed by atoms with van der Waals surface area (Å²) in [5.41, 5.74) is 1.64. The van der Waals surface area contributed by atoms with Crippen LogP contribution in [0.2, 0.25) is 0 Å². The Labute approximate surface area is 200 Å². The summed E-state index contributed by atoms with van der Waals surface area (Å²) in [7, 11) is 1.42. The normalized spacial score (nSPS) is 23.4. The van der Waals surface area contributed by atoms with Crippen LogP contribution in [0.1, 0.15) is 41.0 Å². The van der Waals surface area contributed by atoms with Crippen molar-refractivity contribution in [3.8, 4) is 0 Å². The number of fused-ring (bicyclic) bond motifs is 1. The molecule has 1 aromatic heterocycles. The Hall–Kier alpha value is -3.05. The SMILES string of the molecule is Cc1ccccc1CN1C(=O)[C@H]2N(C(=O)[C@@H](O)[C@H](C)NC(=O)c3c(C)c(=O)on3C)CSC21C. The van der Waals surface area contributed by atoms with E-state index in [2.05, 4.69) is 5.32 Å². The Bertz CT molecular complexity index is 1220. The van der Waals surface area contributed by atoms with Gasteiger partial charge in [0.15, 0.2) is 6.10 Å². The molecule has 2 aliphatic rings. The molecule has 0 aliphatic carbocycles. The third-order valence-electron chi connectivity index (χ3n) is 6.72. The second kappa shape index (κ2) is 8.62. The zero-order valence-corrected chi connectivity index (χ0v) is 20.5. The monoisotopic (exact) mass is 488 g/mol. The number of aliphatic hydroxyl groups excluding tert-OH is 1. The summed E-state index contributed by atoms with van der Waals surface area (Å²) in [6.45, 7) is 7.32. The lowest BCUT2D eigenvalue weighted by Crippen LogP contribution is -2.73. The minimum atomic E-state index is -1.56. The summed E-state index contributed by atoms with van der Waals surface area (Å²) >= 11 is 1.48. The summed E-state index contributed by atoms with van der Waals surface area (Å²) in [4.78, 5) is 52.9. The van der Waals surface area contributed by atoms with Gasteiger partial charge in [-0.05, 0) is 38.8 Å². The molecular weight excluding hydrogens is 460 g/mol. The van der Waals surface area contributed by atoms with E-state index in [9.17, 15) is 24.3 Å². The number of hydrogen-bond donors (Lipinski definition) is 2. The van der Waals surface area contributed by atoms with Gasteiger partial charge in [-0.15, -0.1) is 11.8 Å². The topological polar surface area (TPSA) is 125 Å². The number of amides is 3. The molecule has 11 heteroatoms. The number of nitrogens with zero attached hydrogens (tertiary/aromatic N) is 3. The van der Waals surface area contributed by atoms with E-state index in [4.69, 9.17) is 4.52 Å². The average Bonchev–Trinajstić information content (AvgIpc) is 3.24. The third kappa shape index (κ3) is 3.72. The maximum absolute atomic E-state index is 13.1. The predicted octanol–water partition coefficient (Wildman–Crippen LogP) is 0.734. The van der Waals surface area contributed by atoms with Crippen molar-refractivity contribution in [3.63, 3.8) is 0 Å². The maximum Gasteiger partial charge on any atom is 0.361 e. The molecule has 0 saturated carbocycles. The van der Waals surface area contributed by atoms with Crippen LogP contribution in [0.15, 0.2) is 33.6 Å².